The zero-order valence-corrected chi connectivity index (χ0v) is 10.6. The minimum atomic E-state index is -3.97. The first-order valence-corrected chi connectivity index (χ1v) is 6.46. The molecule has 1 atom stereocenters. The van der Waals surface area contributed by atoms with Gasteiger partial charge >= 0.3 is 0 Å². The number of hydrogen-bond donors (Lipinski definition) is 2. The third-order valence-electron chi connectivity index (χ3n) is 2.25. The van der Waals surface area contributed by atoms with E-state index in [9.17, 15) is 17.6 Å². The van der Waals surface area contributed by atoms with Gasteiger partial charge in [-0.2, -0.15) is 0 Å². The molecule has 0 spiro atoms. The van der Waals surface area contributed by atoms with Crippen molar-refractivity contribution in [2.24, 2.45) is 5.14 Å². The molecule has 1 unspecified atom stereocenters. The van der Waals surface area contributed by atoms with Gasteiger partial charge in [-0.3, -0.25) is 4.79 Å². The van der Waals surface area contributed by atoms with Gasteiger partial charge in [-0.15, -0.1) is 0 Å². The molecule has 8 heteroatoms. The molecule has 1 aromatic carbocycles. The number of methoxy groups -OCH3 is 1. The summed E-state index contributed by atoms with van der Waals surface area (Å²) in [6.07, 6.45) is -0.748. The molecule has 1 amide bonds. The Balaban J connectivity index is 2.97. The standard InChI is InChI=1S/C10H13FN2O4S/c1-6(17-2)10(14)13-9-4-3-7(5-8(9)11)18(12,15)16/h3-6H,1-2H3,(H,13,14)(H2,12,15,16). The van der Waals surface area contributed by atoms with E-state index in [0.29, 0.717) is 0 Å². The van der Waals surface area contributed by atoms with Crippen LogP contribution in [0.5, 0.6) is 0 Å². The van der Waals surface area contributed by atoms with E-state index in [2.05, 4.69) is 5.32 Å². The van der Waals surface area contributed by atoms with E-state index >= 15 is 0 Å². The quantitative estimate of drug-likeness (QED) is 0.834. The average molecular weight is 276 g/mol. The van der Waals surface area contributed by atoms with E-state index < -0.39 is 27.9 Å². The van der Waals surface area contributed by atoms with Crippen LogP contribution in [0.4, 0.5) is 10.1 Å². The maximum Gasteiger partial charge on any atom is 0.253 e. The Morgan fingerprint density at radius 3 is 2.56 bits per heavy atom. The molecular weight excluding hydrogens is 263 g/mol. The molecule has 0 fully saturated rings. The lowest BCUT2D eigenvalue weighted by Crippen LogP contribution is -2.27. The van der Waals surface area contributed by atoms with E-state index in [-0.39, 0.29) is 10.6 Å². The number of ether oxygens (including phenoxy) is 1. The number of carbonyl (C=O) groups excluding carboxylic acids is 1. The highest BCUT2D eigenvalue weighted by molar-refractivity contribution is 7.89. The van der Waals surface area contributed by atoms with E-state index in [1.54, 1.807) is 0 Å². The molecule has 0 heterocycles. The van der Waals surface area contributed by atoms with Crippen LogP contribution < -0.4 is 10.5 Å². The molecule has 1 aromatic rings. The molecule has 100 valence electrons. The zero-order valence-electron chi connectivity index (χ0n) is 9.81. The average Bonchev–Trinajstić information content (AvgIpc) is 2.29. The molecule has 0 saturated carbocycles. The second-order valence-electron chi connectivity index (χ2n) is 3.55. The van der Waals surface area contributed by atoms with Crippen LogP contribution in [0.3, 0.4) is 0 Å². The summed E-state index contributed by atoms with van der Waals surface area (Å²) < 4.78 is 40.2. The van der Waals surface area contributed by atoms with Crippen LogP contribution in [0, 0.1) is 5.82 Å². The van der Waals surface area contributed by atoms with E-state index in [1.165, 1.54) is 14.0 Å². The molecule has 1 rings (SSSR count). The highest BCUT2D eigenvalue weighted by Gasteiger charge is 2.16. The molecule has 18 heavy (non-hydrogen) atoms. The molecule has 0 aliphatic heterocycles. The van der Waals surface area contributed by atoms with Crippen molar-refractivity contribution in [3.8, 4) is 0 Å². The number of hydrogen-bond acceptors (Lipinski definition) is 4. The van der Waals surface area contributed by atoms with Crippen molar-refractivity contribution in [2.45, 2.75) is 17.9 Å². The van der Waals surface area contributed by atoms with Crippen LogP contribution in [-0.4, -0.2) is 27.5 Å². The summed E-state index contributed by atoms with van der Waals surface area (Å²) in [6.45, 7) is 1.49. The van der Waals surface area contributed by atoms with E-state index in [0.717, 1.165) is 18.2 Å². The molecule has 0 aliphatic rings. The van der Waals surface area contributed by atoms with Crippen molar-refractivity contribution in [1.29, 1.82) is 0 Å². The minimum Gasteiger partial charge on any atom is -0.372 e. The van der Waals surface area contributed by atoms with Gasteiger partial charge in [0.25, 0.3) is 5.91 Å². The Bertz CT molecular complexity index is 559. The van der Waals surface area contributed by atoms with Gasteiger partial charge in [-0.25, -0.2) is 17.9 Å². The van der Waals surface area contributed by atoms with E-state index in [1.807, 2.05) is 0 Å². The highest BCUT2D eigenvalue weighted by Crippen LogP contribution is 2.18. The lowest BCUT2D eigenvalue weighted by molar-refractivity contribution is -0.124. The van der Waals surface area contributed by atoms with Crippen LogP contribution in [0.25, 0.3) is 0 Å². The molecule has 0 radical (unpaired) electrons. The van der Waals surface area contributed by atoms with E-state index in [4.69, 9.17) is 9.88 Å². The largest absolute Gasteiger partial charge is 0.372 e. The summed E-state index contributed by atoms with van der Waals surface area (Å²) in [5.41, 5.74) is -0.142. The fraction of sp³-hybridized carbons (Fsp3) is 0.300. The van der Waals surface area contributed by atoms with Crippen molar-refractivity contribution in [3.05, 3.63) is 24.0 Å². The van der Waals surface area contributed by atoms with Gasteiger partial charge in [-0.05, 0) is 25.1 Å². The predicted octanol–water partition coefficient (Wildman–Crippen LogP) is 0.447. The highest BCUT2D eigenvalue weighted by atomic mass is 32.2. The van der Waals surface area contributed by atoms with Crippen LogP contribution in [0.15, 0.2) is 23.1 Å². The Morgan fingerprint density at radius 2 is 2.11 bits per heavy atom. The Labute approximate surface area is 104 Å². The smallest absolute Gasteiger partial charge is 0.253 e. The first kappa shape index (κ1) is 14.6. The van der Waals surface area contributed by atoms with Gasteiger partial charge in [-0.1, -0.05) is 0 Å². The summed E-state index contributed by atoms with van der Waals surface area (Å²) in [5.74, 6) is -1.43. The number of amides is 1. The van der Waals surface area contributed by atoms with Crippen molar-refractivity contribution in [3.63, 3.8) is 0 Å². The summed E-state index contributed by atoms with van der Waals surface area (Å²) in [6, 6.07) is 2.96. The van der Waals surface area contributed by atoms with Crippen molar-refractivity contribution < 1.29 is 22.3 Å². The lowest BCUT2D eigenvalue weighted by atomic mass is 10.3. The third kappa shape index (κ3) is 3.49. The van der Waals surface area contributed by atoms with Crippen molar-refractivity contribution >= 4 is 21.6 Å². The normalized spacial score (nSPS) is 13.1. The molecule has 3 N–H and O–H groups in total. The summed E-state index contributed by atoms with van der Waals surface area (Å²) >= 11 is 0. The topological polar surface area (TPSA) is 98.5 Å². The van der Waals surface area contributed by atoms with Crippen LogP contribution in [0.2, 0.25) is 0 Å². The lowest BCUT2D eigenvalue weighted by Gasteiger charge is -2.11. The molecule has 0 aromatic heterocycles. The number of sulfonamides is 1. The second kappa shape index (κ2) is 5.42. The minimum absolute atomic E-state index is 0.142. The van der Waals surface area contributed by atoms with Gasteiger partial charge < -0.3 is 10.1 Å². The van der Waals surface area contributed by atoms with Gasteiger partial charge in [0, 0.05) is 7.11 Å². The van der Waals surface area contributed by atoms with Gasteiger partial charge in [0.2, 0.25) is 10.0 Å². The third-order valence-corrected chi connectivity index (χ3v) is 3.16. The number of benzene rings is 1. The van der Waals surface area contributed by atoms with Gasteiger partial charge in [0.15, 0.2) is 0 Å². The monoisotopic (exact) mass is 276 g/mol. The Morgan fingerprint density at radius 1 is 1.50 bits per heavy atom. The SMILES string of the molecule is COC(C)C(=O)Nc1ccc(S(N)(=O)=O)cc1F. The summed E-state index contributed by atoms with van der Waals surface area (Å²) in [4.78, 5) is 11.1. The Kier molecular flexibility index (Phi) is 4.38. The first-order valence-electron chi connectivity index (χ1n) is 4.91. The first-order chi connectivity index (χ1) is 8.25. The summed E-state index contributed by atoms with van der Waals surface area (Å²) in [7, 11) is -2.63. The van der Waals surface area contributed by atoms with Gasteiger partial charge in [0.1, 0.15) is 11.9 Å². The fourth-order valence-electron chi connectivity index (χ4n) is 1.12. The molecular formula is C10H13FN2O4S. The zero-order chi connectivity index (χ0) is 13.9. The summed E-state index contributed by atoms with van der Waals surface area (Å²) in [5, 5.41) is 7.11. The van der Waals surface area contributed by atoms with Crippen LogP contribution in [0.1, 0.15) is 6.92 Å². The van der Waals surface area contributed by atoms with Crippen LogP contribution in [-0.2, 0) is 19.6 Å². The van der Waals surface area contributed by atoms with Crippen LogP contribution >= 0.6 is 0 Å². The molecule has 0 aliphatic carbocycles. The number of primary sulfonamides is 1. The maximum absolute atomic E-state index is 13.5. The Hall–Kier alpha value is -1.51. The number of halogens is 1. The number of nitrogens with two attached hydrogens (primary N) is 1. The second-order valence-corrected chi connectivity index (χ2v) is 5.12. The van der Waals surface area contributed by atoms with Crippen molar-refractivity contribution in [2.75, 3.05) is 12.4 Å². The number of anilines is 1. The molecule has 0 bridgehead atoms. The number of rotatable bonds is 4. The number of nitrogens with one attached hydrogen (secondary N) is 1. The predicted molar refractivity (Wildman–Crippen MR) is 62.9 cm³/mol. The fourth-order valence-corrected chi connectivity index (χ4v) is 1.64. The number of carbonyl (C=O) groups is 1. The van der Waals surface area contributed by atoms with Crippen molar-refractivity contribution in [1.82, 2.24) is 0 Å². The van der Waals surface area contributed by atoms with Gasteiger partial charge in [0.05, 0.1) is 10.6 Å². The maximum atomic E-state index is 13.5. The molecule has 0 saturated heterocycles. The molecule has 6 nitrogen and oxygen atoms in total.